The van der Waals surface area contributed by atoms with E-state index in [9.17, 15) is 4.79 Å². The molecule has 0 bridgehead atoms. The van der Waals surface area contributed by atoms with E-state index in [2.05, 4.69) is 21.2 Å². The highest BCUT2D eigenvalue weighted by Crippen LogP contribution is 2.21. The maximum atomic E-state index is 12.1. The number of amides is 1. The van der Waals surface area contributed by atoms with E-state index in [4.69, 9.17) is 10.5 Å². The number of carbonyl (C=O) groups excluding carboxylic acids is 1. The van der Waals surface area contributed by atoms with Crippen LogP contribution in [-0.2, 0) is 11.3 Å². The zero-order valence-corrected chi connectivity index (χ0v) is 12.6. The Bertz CT molecular complexity index is 629. The van der Waals surface area contributed by atoms with Crippen molar-refractivity contribution in [2.24, 2.45) is 0 Å². The average molecular weight is 335 g/mol. The van der Waals surface area contributed by atoms with Crippen molar-refractivity contribution in [3.8, 4) is 0 Å². The largest absolute Gasteiger partial charge is 0.398 e. The van der Waals surface area contributed by atoms with Gasteiger partial charge in [0.2, 0.25) is 0 Å². The minimum atomic E-state index is -0.180. The molecule has 0 aromatic heterocycles. The van der Waals surface area contributed by atoms with Gasteiger partial charge in [0.1, 0.15) is 0 Å². The van der Waals surface area contributed by atoms with Gasteiger partial charge in [-0.15, -0.1) is 0 Å². The first kappa shape index (κ1) is 14.6. The quantitative estimate of drug-likeness (QED) is 0.842. The highest BCUT2D eigenvalue weighted by atomic mass is 79.9. The number of anilines is 2. The molecule has 3 N–H and O–H groups in total. The average Bonchev–Trinajstić information content (AvgIpc) is 2.42. The molecule has 2 rings (SSSR count). The number of nitrogens with one attached hydrogen (secondary N) is 1. The first-order chi connectivity index (χ1) is 9.60. The molecule has 4 nitrogen and oxygen atoms in total. The van der Waals surface area contributed by atoms with E-state index in [-0.39, 0.29) is 5.91 Å². The summed E-state index contributed by atoms with van der Waals surface area (Å²) in [5, 5.41) is 2.85. The van der Waals surface area contributed by atoms with Crippen LogP contribution in [0.25, 0.3) is 0 Å². The molecule has 5 heteroatoms. The predicted molar refractivity (Wildman–Crippen MR) is 83.7 cm³/mol. The van der Waals surface area contributed by atoms with Gasteiger partial charge in [-0.2, -0.15) is 0 Å². The lowest BCUT2D eigenvalue weighted by molar-refractivity contribution is 0.102. The summed E-state index contributed by atoms with van der Waals surface area (Å²) in [4.78, 5) is 12.1. The van der Waals surface area contributed by atoms with E-state index in [0.717, 1.165) is 11.3 Å². The molecule has 0 saturated heterocycles. The molecule has 0 fully saturated rings. The van der Waals surface area contributed by atoms with Crippen LogP contribution in [-0.4, -0.2) is 13.0 Å². The van der Waals surface area contributed by atoms with Crippen LogP contribution in [0.4, 0.5) is 11.4 Å². The molecule has 0 aliphatic rings. The highest BCUT2D eigenvalue weighted by molar-refractivity contribution is 9.10. The lowest BCUT2D eigenvalue weighted by atomic mass is 10.1. The van der Waals surface area contributed by atoms with Crippen molar-refractivity contribution < 1.29 is 9.53 Å². The molecule has 0 saturated carbocycles. The Balaban J connectivity index is 2.14. The van der Waals surface area contributed by atoms with Gasteiger partial charge >= 0.3 is 0 Å². The third kappa shape index (κ3) is 3.59. The molecule has 0 unspecified atom stereocenters. The number of carbonyl (C=O) groups is 1. The van der Waals surface area contributed by atoms with Gasteiger partial charge in [-0.05, 0) is 51.8 Å². The Labute approximate surface area is 126 Å². The number of nitrogens with two attached hydrogens (primary N) is 1. The van der Waals surface area contributed by atoms with E-state index >= 15 is 0 Å². The first-order valence-electron chi connectivity index (χ1n) is 6.04. The monoisotopic (exact) mass is 334 g/mol. The van der Waals surface area contributed by atoms with Crippen LogP contribution < -0.4 is 11.1 Å². The summed E-state index contributed by atoms with van der Waals surface area (Å²) in [6, 6.07) is 12.6. The van der Waals surface area contributed by atoms with Gasteiger partial charge in [0.15, 0.2) is 0 Å². The zero-order valence-electron chi connectivity index (χ0n) is 11.0. The number of methoxy groups -OCH3 is 1. The maximum absolute atomic E-state index is 12.1. The van der Waals surface area contributed by atoms with Crippen LogP contribution in [0, 0.1) is 0 Å². The lowest BCUT2D eigenvalue weighted by Gasteiger charge is -2.08. The Morgan fingerprint density at radius 3 is 2.80 bits per heavy atom. The number of nitrogen functional groups attached to an aromatic ring is 1. The number of ether oxygens (including phenoxy) is 1. The number of halogens is 1. The highest BCUT2D eigenvalue weighted by Gasteiger charge is 2.08. The van der Waals surface area contributed by atoms with E-state index < -0.39 is 0 Å². The summed E-state index contributed by atoms with van der Waals surface area (Å²) in [6.07, 6.45) is 0. The van der Waals surface area contributed by atoms with Crippen molar-refractivity contribution >= 4 is 33.2 Å². The minimum Gasteiger partial charge on any atom is -0.398 e. The smallest absolute Gasteiger partial charge is 0.255 e. The van der Waals surface area contributed by atoms with E-state index in [0.29, 0.717) is 22.3 Å². The van der Waals surface area contributed by atoms with E-state index in [1.165, 1.54) is 0 Å². The van der Waals surface area contributed by atoms with Crippen LogP contribution >= 0.6 is 15.9 Å². The number of benzene rings is 2. The molecule has 0 spiro atoms. The third-order valence-electron chi connectivity index (χ3n) is 2.76. The molecular formula is C15H15BrN2O2. The number of hydrogen-bond donors (Lipinski definition) is 2. The van der Waals surface area contributed by atoms with Crippen molar-refractivity contribution in [2.45, 2.75) is 6.61 Å². The summed E-state index contributed by atoms with van der Waals surface area (Å²) < 4.78 is 5.78. The molecule has 0 aliphatic heterocycles. The van der Waals surface area contributed by atoms with Crippen LogP contribution in [0.2, 0.25) is 0 Å². The molecule has 0 radical (unpaired) electrons. The fourth-order valence-corrected chi connectivity index (χ4v) is 2.16. The summed E-state index contributed by atoms with van der Waals surface area (Å²) in [5.74, 6) is -0.180. The maximum Gasteiger partial charge on any atom is 0.255 e. The van der Waals surface area contributed by atoms with Crippen LogP contribution in [0.3, 0.4) is 0 Å². The van der Waals surface area contributed by atoms with Gasteiger partial charge in [0, 0.05) is 28.5 Å². The van der Waals surface area contributed by atoms with Crippen LogP contribution in [0.5, 0.6) is 0 Å². The Kier molecular flexibility index (Phi) is 4.76. The first-order valence-corrected chi connectivity index (χ1v) is 6.83. The summed E-state index contributed by atoms with van der Waals surface area (Å²) in [6.45, 7) is 0.511. The number of rotatable bonds is 4. The molecule has 2 aromatic rings. The number of hydrogen-bond acceptors (Lipinski definition) is 3. The molecular weight excluding hydrogens is 320 g/mol. The zero-order chi connectivity index (χ0) is 14.5. The Hall–Kier alpha value is -1.85. The standard InChI is InChI=1S/C15H15BrN2O2/c1-20-9-10-3-2-4-12(7-10)18-15(19)11-5-6-14(17)13(16)8-11/h2-8H,9,17H2,1H3,(H,18,19). The fourth-order valence-electron chi connectivity index (χ4n) is 1.78. The van der Waals surface area contributed by atoms with Gasteiger partial charge in [-0.25, -0.2) is 0 Å². The molecule has 0 aliphatic carbocycles. The van der Waals surface area contributed by atoms with Gasteiger partial charge in [0.05, 0.1) is 6.61 Å². The molecule has 1 amide bonds. The van der Waals surface area contributed by atoms with Crippen molar-refractivity contribution in [3.05, 3.63) is 58.1 Å². The van der Waals surface area contributed by atoms with Gasteiger partial charge < -0.3 is 15.8 Å². The molecule has 104 valence electrons. The summed E-state index contributed by atoms with van der Waals surface area (Å²) in [5.41, 5.74) is 8.58. The normalized spacial score (nSPS) is 10.3. The second kappa shape index (κ2) is 6.54. The van der Waals surface area contributed by atoms with Gasteiger partial charge in [-0.3, -0.25) is 4.79 Å². The Morgan fingerprint density at radius 1 is 1.30 bits per heavy atom. The van der Waals surface area contributed by atoms with Crippen molar-refractivity contribution in [3.63, 3.8) is 0 Å². The van der Waals surface area contributed by atoms with Crippen LogP contribution in [0.1, 0.15) is 15.9 Å². The van der Waals surface area contributed by atoms with Crippen molar-refractivity contribution in [1.82, 2.24) is 0 Å². The third-order valence-corrected chi connectivity index (χ3v) is 3.45. The second-order valence-electron chi connectivity index (χ2n) is 4.32. The van der Waals surface area contributed by atoms with E-state index in [1.807, 2.05) is 24.3 Å². The summed E-state index contributed by atoms with van der Waals surface area (Å²) in [7, 11) is 1.64. The van der Waals surface area contributed by atoms with E-state index in [1.54, 1.807) is 25.3 Å². The minimum absolute atomic E-state index is 0.180. The summed E-state index contributed by atoms with van der Waals surface area (Å²) >= 11 is 3.31. The SMILES string of the molecule is COCc1cccc(NC(=O)c2ccc(N)c(Br)c2)c1. The van der Waals surface area contributed by atoms with Crippen LogP contribution in [0.15, 0.2) is 46.9 Å². The molecule has 2 aromatic carbocycles. The molecule has 0 heterocycles. The second-order valence-corrected chi connectivity index (χ2v) is 5.18. The lowest BCUT2D eigenvalue weighted by Crippen LogP contribution is -2.12. The van der Waals surface area contributed by atoms with Gasteiger partial charge in [0.25, 0.3) is 5.91 Å². The van der Waals surface area contributed by atoms with Gasteiger partial charge in [-0.1, -0.05) is 12.1 Å². The molecule has 20 heavy (non-hydrogen) atoms. The van der Waals surface area contributed by atoms with Crippen molar-refractivity contribution in [2.75, 3.05) is 18.2 Å². The Morgan fingerprint density at radius 2 is 2.10 bits per heavy atom. The van der Waals surface area contributed by atoms with Crippen molar-refractivity contribution in [1.29, 1.82) is 0 Å². The molecule has 0 atom stereocenters. The topological polar surface area (TPSA) is 64.3 Å². The fraction of sp³-hybridized carbons (Fsp3) is 0.133. The predicted octanol–water partition coefficient (Wildman–Crippen LogP) is 3.43.